The van der Waals surface area contributed by atoms with Gasteiger partial charge in [0.15, 0.2) is 5.82 Å². The molecule has 0 N–H and O–H groups in total. The quantitative estimate of drug-likeness (QED) is 0.391. The van der Waals surface area contributed by atoms with E-state index in [1.807, 2.05) is 42.2 Å². The normalized spacial score (nSPS) is 16.1. The van der Waals surface area contributed by atoms with E-state index in [0.717, 1.165) is 60.6 Å². The number of hydrogen-bond acceptors (Lipinski definition) is 6. The summed E-state index contributed by atoms with van der Waals surface area (Å²) in [4.78, 5) is 37.5. The predicted molar refractivity (Wildman–Crippen MR) is 134 cm³/mol. The third kappa shape index (κ3) is 4.87. The first kappa shape index (κ1) is 23.0. The first-order valence-corrected chi connectivity index (χ1v) is 12.2. The van der Waals surface area contributed by atoms with Gasteiger partial charge in [0.2, 0.25) is 5.91 Å². The van der Waals surface area contributed by atoms with Crippen molar-refractivity contribution in [2.45, 2.75) is 32.6 Å². The maximum Gasteiger partial charge on any atom is 0.269 e. The van der Waals surface area contributed by atoms with E-state index in [0.29, 0.717) is 31.2 Å². The van der Waals surface area contributed by atoms with E-state index in [2.05, 4.69) is 4.90 Å². The molecule has 2 aliphatic rings. The minimum Gasteiger partial charge on any atom is -0.353 e. The van der Waals surface area contributed by atoms with Crippen molar-refractivity contribution in [3.63, 3.8) is 0 Å². The number of anilines is 1. The Bertz CT molecular complexity index is 1220. The molecule has 2 aromatic carbocycles. The number of nitro groups is 1. The summed E-state index contributed by atoms with van der Waals surface area (Å²) in [7, 11) is 0. The van der Waals surface area contributed by atoms with Crippen LogP contribution in [-0.4, -0.2) is 51.9 Å². The van der Waals surface area contributed by atoms with Crippen molar-refractivity contribution in [2.75, 3.05) is 31.1 Å². The molecule has 0 spiro atoms. The summed E-state index contributed by atoms with van der Waals surface area (Å²) in [5, 5.41) is 11.0. The second-order valence-electron chi connectivity index (χ2n) is 9.34. The largest absolute Gasteiger partial charge is 0.353 e. The van der Waals surface area contributed by atoms with Gasteiger partial charge in [-0.05, 0) is 25.3 Å². The Morgan fingerprint density at radius 2 is 1.69 bits per heavy atom. The van der Waals surface area contributed by atoms with Crippen molar-refractivity contribution in [3.05, 3.63) is 81.5 Å². The standard InChI is InChI=1S/C27H29N5O3/c1-19-24(18-20-10-12-23(13-11-20)32(34)35)26(29-25(28-19)21-6-3-2-4-7-21)30-14-16-31(17-15-30)27(33)22-8-5-9-22/h2-4,6-7,10-13,22H,5,8-9,14-18H2,1H3. The second kappa shape index (κ2) is 9.82. The summed E-state index contributed by atoms with van der Waals surface area (Å²) in [6.07, 6.45) is 3.77. The van der Waals surface area contributed by atoms with Crippen LogP contribution in [0.25, 0.3) is 11.4 Å². The molecule has 1 aromatic heterocycles. The highest BCUT2D eigenvalue weighted by Gasteiger charge is 2.32. The molecule has 3 aromatic rings. The smallest absolute Gasteiger partial charge is 0.269 e. The van der Waals surface area contributed by atoms with Crippen LogP contribution in [0.2, 0.25) is 0 Å². The summed E-state index contributed by atoms with van der Waals surface area (Å²) < 4.78 is 0. The van der Waals surface area contributed by atoms with Crippen molar-refractivity contribution in [1.82, 2.24) is 14.9 Å². The zero-order chi connectivity index (χ0) is 24.4. The molecule has 0 unspecified atom stereocenters. The Labute approximate surface area is 204 Å². The average Bonchev–Trinajstić information content (AvgIpc) is 2.85. The van der Waals surface area contributed by atoms with Gasteiger partial charge in [-0.1, -0.05) is 48.9 Å². The molecule has 180 valence electrons. The molecule has 0 bridgehead atoms. The molecule has 0 radical (unpaired) electrons. The topological polar surface area (TPSA) is 92.5 Å². The number of benzene rings is 2. The third-order valence-corrected chi connectivity index (χ3v) is 7.10. The second-order valence-corrected chi connectivity index (χ2v) is 9.34. The van der Waals surface area contributed by atoms with E-state index in [1.54, 1.807) is 12.1 Å². The van der Waals surface area contributed by atoms with E-state index in [9.17, 15) is 14.9 Å². The van der Waals surface area contributed by atoms with Crippen molar-refractivity contribution in [1.29, 1.82) is 0 Å². The first-order valence-electron chi connectivity index (χ1n) is 12.2. The number of carbonyl (C=O) groups is 1. The minimum absolute atomic E-state index is 0.0774. The van der Waals surface area contributed by atoms with Gasteiger partial charge in [-0.25, -0.2) is 9.97 Å². The Morgan fingerprint density at radius 3 is 2.29 bits per heavy atom. The molecule has 1 aliphatic carbocycles. The minimum atomic E-state index is -0.386. The highest BCUT2D eigenvalue weighted by atomic mass is 16.6. The monoisotopic (exact) mass is 471 g/mol. The lowest BCUT2D eigenvalue weighted by molar-refractivity contribution is -0.384. The molecule has 0 atom stereocenters. The van der Waals surface area contributed by atoms with Gasteiger partial charge in [-0.3, -0.25) is 14.9 Å². The molecule has 2 fully saturated rings. The number of nitrogens with zero attached hydrogens (tertiary/aromatic N) is 5. The van der Waals surface area contributed by atoms with Crippen molar-refractivity contribution in [3.8, 4) is 11.4 Å². The van der Waals surface area contributed by atoms with Gasteiger partial charge in [0.1, 0.15) is 5.82 Å². The molecule has 35 heavy (non-hydrogen) atoms. The maximum absolute atomic E-state index is 12.7. The molecular formula is C27H29N5O3. The van der Waals surface area contributed by atoms with Crippen LogP contribution in [0.3, 0.4) is 0 Å². The van der Waals surface area contributed by atoms with E-state index < -0.39 is 0 Å². The van der Waals surface area contributed by atoms with Gasteiger partial charge in [0.25, 0.3) is 5.69 Å². The van der Waals surface area contributed by atoms with E-state index in [4.69, 9.17) is 9.97 Å². The molecule has 8 nitrogen and oxygen atoms in total. The summed E-state index contributed by atoms with van der Waals surface area (Å²) in [5.41, 5.74) is 3.90. The Balaban J connectivity index is 1.44. The number of aromatic nitrogens is 2. The van der Waals surface area contributed by atoms with Gasteiger partial charge < -0.3 is 9.80 Å². The van der Waals surface area contributed by atoms with Crippen LogP contribution in [-0.2, 0) is 11.2 Å². The van der Waals surface area contributed by atoms with Gasteiger partial charge in [-0.2, -0.15) is 0 Å². The van der Waals surface area contributed by atoms with E-state index in [-0.39, 0.29) is 16.5 Å². The number of nitro benzene ring substituents is 1. The fourth-order valence-electron chi connectivity index (χ4n) is 4.76. The molecule has 1 saturated heterocycles. The number of carbonyl (C=O) groups excluding carboxylic acids is 1. The zero-order valence-corrected chi connectivity index (χ0v) is 19.9. The maximum atomic E-state index is 12.7. The lowest BCUT2D eigenvalue weighted by Crippen LogP contribution is -2.51. The van der Waals surface area contributed by atoms with Crippen LogP contribution in [0, 0.1) is 23.0 Å². The van der Waals surface area contributed by atoms with Crippen LogP contribution < -0.4 is 4.90 Å². The Kier molecular flexibility index (Phi) is 6.44. The van der Waals surface area contributed by atoms with Gasteiger partial charge in [0, 0.05) is 67.5 Å². The third-order valence-electron chi connectivity index (χ3n) is 7.10. The molecule has 1 amide bonds. The molecule has 5 rings (SSSR count). The number of amides is 1. The number of aryl methyl sites for hydroxylation is 1. The summed E-state index contributed by atoms with van der Waals surface area (Å²) >= 11 is 0. The van der Waals surface area contributed by atoms with Crippen LogP contribution in [0.5, 0.6) is 0 Å². The summed E-state index contributed by atoms with van der Waals surface area (Å²) in [6, 6.07) is 16.6. The van der Waals surface area contributed by atoms with Crippen LogP contribution in [0.15, 0.2) is 54.6 Å². The molecule has 2 heterocycles. The Hall–Kier alpha value is -3.81. The van der Waals surface area contributed by atoms with Gasteiger partial charge in [-0.15, -0.1) is 0 Å². The lowest BCUT2D eigenvalue weighted by atomic mass is 9.84. The summed E-state index contributed by atoms with van der Waals surface area (Å²) in [6.45, 7) is 4.81. The molecule has 1 aliphatic heterocycles. The van der Waals surface area contributed by atoms with Crippen LogP contribution >= 0.6 is 0 Å². The highest BCUT2D eigenvalue weighted by Crippen LogP contribution is 2.31. The van der Waals surface area contributed by atoms with Gasteiger partial charge in [0.05, 0.1) is 4.92 Å². The van der Waals surface area contributed by atoms with Gasteiger partial charge >= 0.3 is 0 Å². The van der Waals surface area contributed by atoms with E-state index >= 15 is 0 Å². The highest BCUT2D eigenvalue weighted by molar-refractivity contribution is 5.80. The number of non-ortho nitro benzene ring substituents is 1. The van der Waals surface area contributed by atoms with Crippen LogP contribution in [0.4, 0.5) is 11.5 Å². The first-order chi connectivity index (χ1) is 17.0. The zero-order valence-electron chi connectivity index (χ0n) is 19.9. The lowest BCUT2D eigenvalue weighted by Gasteiger charge is -2.39. The van der Waals surface area contributed by atoms with Crippen LogP contribution in [0.1, 0.15) is 36.1 Å². The number of piperazine rings is 1. The van der Waals surface area contributed by atoms with E-state index in [1.165, 1.54) is 12.1 Å². The SMILES string of the molecule is Cc1nc(-c2ccccc2)nc(N2CCN(C(=O)C3CCC3)CC2)c1Cc1ccc([N+](=O)[O-])cc1. The molecule has 1 saturated carbocycles. The summed E-state index contributed by atoms with van der Waals surface area (Å²) in [5.74, 6) is 2.07. The molecule has 8 heteroatoms. The fraction of sp³-hybridized carbons (Fsp3) is 0.370. The fourth-order valence-corrected chi connectivity index (χ4v) is 4.76. The van der Waals surface area contributed by atoms with Crippen molar-refractivity contribution in [2.24, 2.45) is 5.92 Å². The number of hydrogen-bond donors (Lipinski definition) is 0. The average molecular weight is 472 g/mol. The van der Waals surface area contributed by atoms with Crippen molar-refractivity contribution >= 4 is 17.4 Å². The van der Waals surface area contributed by atoms with Crippen molar-refractivity contribution < 1.29 is 9.72 Å². The Morgan fingerprint density at radius 1 is 1.00 bits per heavy atom. The molecular weight excluding hydrogens is 442 g/mol. The number of rotatable bonds is 6. The predicted octanol–water partition coefficient (Wildman–Crippen LogP) is 4.40.